The van der Waals surface area contributed by atoms with Crippen molar-refractivity contribution in [2.24, 2.45) is 0 Å². The van der Waals surface area contributed by atoms with E-state index in [9.17, 15) is 13.6 Å². The molecule has 1 aromatic rings. The molecular formula is C11H10F2O2. The Morgan fingerprint density at radius 1 is 1.40 bits per heavy atom. The molecule has 1 fully saturated rings. The van der Waals surface area contributed by atoms with Crippen LogP contribution in [0.4, 0.5) is 8.78 Å². The normalized spacial score (nSPS) is 22.4. The monoisotopic (exact) mass is 212 g/mol. The summed E-state index contributed by atoms with van der Waals surface area (Å²) in [5, 5.41) is 8.52. The van der Waals surface area contributed by atoms with Crippen molar-refractivity contribution in [1.82, 2.24) is 0 Å². The lowest BCUT2D eigenvalue weighted by Gasteiger charge is -2.01. The molecule has 0 saturated heterocycles. The Balaban J connectivity index is 2.08. The summed E-state index contributed by atoms with van der Waals surface area (Å²) in [5.74, 6) is -4.15. The molecule has 4 heteroatoms. The summed E-state index contributed by atoms with van der Waals surface area (Å²) in [6.07, 6.45) is -0.160. The van der Waals surface area contributed by atoms with Gasteiger partial charge in [0.1, 0.15) is 0 Å². The molecule has 1 atom stereocenters. The van der Waals surface area contributed by atoms with Crippen LogP contribution in [0.1, 0.15) is 23.5 Å². The standard InChI is InChI=1S/C11H10F2O2/c12-11(13)6-9(11)8-3-1-7(2-4-8)5-10(14)15/h1-4,9H,5-6H2,(H,14,15)/t9-/m1/s1. The van der Waals surface area contributed by atoms with Gasteiger partial charge in [0.15, 0.2) is 0 Å². The SMILES string of the molecule is O=C(O)Cc1ccc([C@H]2CC2(F)F)cc1. The first kappa shape index (κ1) is 10.1. The third kappa shape index (κ3) is 2.14. The van der Waals surface area contributed by atoms with Crippen LogP contribution in [-0.2, 0) is 11.2 Å². The predicted octanol–water partition coefficient (Wildman–Crippen LogP) is 2.44. The number of carboxylic acid groups (broad SMARTS) is 1. The van der Waals surface area contributed by atoms with Crippen molar-refractivity contribution in [1.29, 1.82) is 0 Å². The number of alkyl halides is 2. The van der Waals surface area contributed by atoms with Crippen molar-refractivity contribution < 1.29 is 18.7 Å². The third-order valence-corrected chi connectivity index (χ3v) is 2.56. The molecule has 0 spiro atoms. The molecule has 1 aliphatic rings. The van der Waals surface area contributed by atoms with Gasteiger partial charge in [0.05, 0.1) is 12.3 Å². The topological polar surface area (TPSA) is 37.3 Å². The highest BCUT2D eigenvalue weighted by Crippen LogP contribution is 2.55. The van der Waals surface area contributed by atoms with Gasteiger partial charge in [0.2, 0.25) is 0 Å². The molecule has 1 N–H and O–H groups in total. The Morgan fingerprint density at radius 3 is 2.33 bits per heavy atom. The van der Waals surface area contributed by atoms with E-state index in [2.05, 4.69) is 0 Å². The molecule has 1 aliphatic carbocycles. The first-order chi connectivity index (χ1) is 6.99. The van der Waals surface area contributed by atoms with Crippen molar-refractivity contribution in [2.45, 2.75) is 24.7 Å². The molecule has 0 bridgehead atoms. The number of halogens is 2. The second kappa shape index (κ2) is 3.29. The van der Waals surface area contributed by atoms with Gasteiger partial charge in [-0.1, -0.05) is 24.3 Å². The Morgan fingerprint density at radius 2 is 1.93 bits per heavy atom. The fourth-order valence-corrected chi connectivity index (χ4v) is 1.62. The molecule has 0 radical (unpaired) electrons. The van der Waals surface area contributed by atoms with Gasteiger partial charge in [-0.05, 0) is 11.1 Å². The average molecular weight is 212 g/mol. The molecule has 0 aliphatic heterocycles. The summed E-state index contributed by atoms with van der Waals surface area (Å²) < 4.78 is 25.4. The van der Waals surface area contributed by atoms with Crippen LogP contribution in [0.2, 0.25) is 0 Å². The lowest BCUT2D eigenvalue weighted by Crippen LogP contribution is -2.00. The van der Waals surface area contributed by atoms with E-state index in [4.69, 9.17) is 5.11 Å². The first-order valence-electron chi connectivity index (χ1n) is 4.67. The van der Waals surface area contributed by atoms with Crippen molar-refractivity contribution in [2.75, 3.05) is 0 Å². The Labute approximate surface area is 85.5 Å². The number of benzene rings is 1. The van der Waals surface area contributed by atoms with Crippen LogP contribution < -0.4 is 0 Å². The van der Waals surface area contributed by atoms with Gasteiger partial charge < -0.3 is 5.11 Å². The van der Waals surface area contributed by atoms with Crippen LogP contribution >= 0.6 is 0 Å². The van der Waals surface area contributed by atoms with Crippen LogP contribution in [0.3, 0.4) is 0 Å². The van der Waals surface area contributed by atoms with Gasteiger partial charge in [0.25, 0.3) is 5.92 Å². The van der Waals surface area contributed by atoms with Gasteiger partial charge in [-0.15, -0.1) is 0 Å². The molecule has 0 amide bonds. The fourth-order valence-electron chi connectivity index (χ4n) is 1.62. The van der Waals surface area contributed by atoms with Gasteiger partial charge >= 0.3 is 5.97 Å². The number of hydrogen-bond donors (Lipinski definition) is 1. The van der Waals surface area contributed by atoms with E-state index < -0.39 is 17.8 Å². The molecule has 0 unspecified atom stereocenters. The Kier molecular flexibility index (Phi) is 2.21. The van der Waals surface area contributed by atoms with E-state index in [0.717, 1.165) is 0 Å². The highest BCUT2D eigenvalue weighted by molar-refractivity contribution is 5.70. The van der Waals surface area contributed by atoms with Crippen molar-refractivity contribution in [3.63, 3.8) is 0 Å². The van der Waals surface area contributed by atoms with Gasteiger partial charge in [-0.3, -0.25) is 4.79 Å². The average Bonchev–Trinajstić information content (AvgIpc) is 2.75. The molecule has 0 heterocycles. The minimum atomic E-state index is -2.56. The molecular weight excluding hydrogens is 202 g/mol. The van der Waals surface area contributed by atoms with Crippen LogP contribution in [-0.4, -0.2) is 17.0 Å². The van der Waals surface area contributed by atoms with E-state index in [1.165, 1.54) is 0 Å². The minimum Gasteiger partial charge on any atom is -0.481 e. The number of carboxylic acids is 1. The number of hydrogen-bond acceptors (Lipinski definition) is 1. The largest absolute Gasteiger partial charge is 0.481 e. The third-order valence-electron chi connectivity index (χ3n) is 2.56. The summed E-state index contributed by atoms with van der Waals surface area (Å²) >= 11 is 0. The Hall–Kier alpha value is -1.45. The summed E-state index contributed by atoms with van der Waals surface area (Å²) in [6.45, 7) is 0. The zero-order valence-corrected chi connectivity index (χ0v) is 7.91. The molecule has 2 nitrogen and oxygen atoms in total. The van der Waals surface area contributed by atoms with E-state index in [1.54, 1.807) is 24.3 Å². The van der Waals surface area contributed by atoms with Crippen molar-refractivity contribution >= 4 is 5.97 Å². The number of aliphatic carboxylic acids is 1. The van der Waals surface area contributed by atoms with Gasteiger partial charge in [-0.2, -0.15) is 0 Å². The smallest absolute Gasteiger partial charge is 0.307 e. The summed E-state index contributed by atoms with van der Waals surface area (Å²) in [5.41, 5.74) is 1.23. The van der Waals surface area contributed by atoms with Crippen molar-refractivity contribution in [3.05, 3.63) is 35.4 Å². The fraction of sp³-hybridized carbons (Fsp3) is 0.364. The van der Waals surface area contributed by atoms with Crippen LogP contribution in [0, 0.1) is 0 Å². The lowest BCUT2D eigenvalue weighted by molar-refractivity contribution is -0.136. The second-order valence-corrected chi connectivity index (χ2v) is 3.83. The quantitative estimate of drug-likeness (QED) is 0.835. The van der Waals surface area contributed by atoms with Crippen molar-refractivity contribution in [3.8, 4) is 0 Å². The highest BCUT2D eigenvalue weighted by atomic mass is 19.3. The van der Waals surface area contributed by atoms with E-state index in [-0.39, 0.29) is 12.8 Å². The number of rotatable bonds is 3. The van der Waals surface area contributed by atoms with E-state index in [1.807, 2.05) is 0 Å². The molecule has 15 heavy (non-hydrogen) atoms. The molecule has 1 saturated carbocycles. The first-order valence-corrected chi connectivity index (χ1v) is 4.67. The van der Waals surface area contributed by atoms with Crippen LogP contribution in [0.15, 0.2) is 24.3 Å². The Bertz CT molecular complexity index is 384. The number of carbonyl (C=O) groups is 1. The van der Waals surface area contributed by atoms with Gasteiger partial charge in [-0.25, -0.2) is 8.78 Å². The molecule has 1 aromatic carbocycles. The molecule has 2 rings (SSSR count). The zero-order chi connectivity index (χ0) is 11.1. The zero-order valence-electron chi connectivity index (χ0n) is 7.91. The van der Waals surface area contributed by atoms with E-state index in [0.29, 0.717) is 11.1 Å². The van der Waals surface area contributed by atoms with E-state index >= 15 is 0 Å². The summed E-state index contributed by atoms with van der Waals surface area (Å²) in [4.78, 5) is 10.4. The molecule has 0 aromatic heterocycles. The maximum Gasteiger partial charge on any atom is 0.307 e. The molecule has 80 valence electrons. The van der Waals surface area contributed by atoms with Gasteiger partial charge in [0, 0.05) is 6.42 Å². The van der Waals surface area contributed by atoms with Crippen LogP contribution in [0.5, 0.6) is 0 Å². The lowest BCUT2D eigenvalue weighted by atomic mass is 10.1. The summed E-state index contributed by atoms with van der Waals surface area (Å²) in [6, 6.07) is 6.36. The minimum absolute atomic E-state index is 0.0681. The predicted molar refractivity (Wildman–Crippen MR) is 50.1 cm³/mol. The maximum atomic E-state index is 12.7. The second-order valence-electron chi connectivity index (χ2n) is 3.83. The highest BCUT2D eigenvalue weighted by Gasteiger charge is 2.57. The van der Waals surface area contributed by atoms with Crippen LogP contribution in [0.25, 0.3) is 0 Å². The maximum absolute atomic E-state index is 12.7. The summed E-state index contributed by atoms with van der Waals surface area (Å²) in [7, 11) is 0.